The van der Waals surface area contributed by atoms with Gasteiger partial charge in [0.25, 0.3) is 11.8 Å². The van der Waals surface area contributed by atoms with E-state index in [-0.39, 0.29) is 6.54 Å². The zero-order chi connectivity index (χ0) is 18.9. The van der Waals surface area contributed by atoms with Gasteiger partial charge in [0.2, 0.25) is 0 Å². The van der Waals surface area contributed by atoms with Crippen LogP contribution in [0.2, 0.25) is 5.02 Å². The topological polar surface area (TPSA) is 89.0 Å². The minimum absolute atomic E-state index is 0.229. The average Bonchev–Trinajstić information content (AvgIpc) is 2.66. The number of hydrogen-bond acceptors (Lipinski definition) is 5. The maximum Gasteiger partial charge on any atom is 0.259 e. The zero-order valence-electron chi connectivity index (χ0n) is 14.3. The van der Waals surface area contributed by atoms with Gasteiger partial charge in [-0.15, -0.1) is 0 Å². The van der Waals surface area contributed by atoms with E-state index in [1.54, 1.807) is 49.6 Å². The lowest BCUT2D eigenvalue weighted by atomic mass is 10.2. The summed E-state index contributed by atoms with van der Waals surface area (Å²) in [5.74, 6) is 0.238. The average molecular weight is 376 g/mol. The molecule has 0 spiro atoms. The van der Waals surface area contributed by atoms with Crippen molar-refractivity contribution in [3.8, 4) is 11.5 Å². The fourth-order valence-corrected chi connectivity index (χ4v) is 2.27. The third-order valence-electron chi connectivity index (χ3n) is 3.34. The molecule has 2 rings (SSSR count). The van der Waals surface area contributed by atoms with Gasteiger partial charge in [0.1, 0.15) is 0 Å². The molecule has 0 radical (unpaired) electrons. The summed E-state index contributed by atoms with van der Waals surface area (Å²) in [6.45, 7) is -0.229. The van der Waals surface area contributed by atoms with Crippen molar-refractivity contribution in [1.29, 1.82) is 0 Å². The van der Waals surface area contributed by atoms with Gasteiger partial charge in [-0.3, -0.25) is 9.59 Å². The molecular formula is C18H18ClN3O4. The second-order valence-corrected chi connectivity index (χ2v) is 5.48. The Hall–Kier alpha value is -3.06. The molecular weight excluding hydrogens is 358 g/mol. The number of hydrazone groups is 1. The summed E-state index contributed by atoms with van der Waals surface area (Å²) < 4.78 is 10.3. The molecule has 0 fully saturated rings. The van der Waals surface area contributed by atoms with Gasteiger partial charge in [-0.1, -0.05) is 23.7 Å². The van der Waals surface area contributed by atoms with Crippen LogP contribution in [0.15, 0.2) is 47.6 Å². The maximum absolute atomic E-state index is 12.0. The van der Waals surface area contributed by atoms with Gasteiger partial charge in [0.05, 0.1) is 37.6 Å². The smallest absolute Gasteiger partial charge is 0.259 e. The van der Waals surface area contributed by atoms with Crippen LogP contribution in [0.5, 0.6) is 11.5 Å². The Morgan fingerprint density at radius 2 is 1.85 bits per heavy atom. The summed E-state index contributed by atoms with van der Waals surface area (Å²) in [5, 5.41) is 6.63. The molecule has 2 aromatic carbocycles. The summed E-state index contributed by atoms with van der Waals surface area (Å²) >= 11 is 5.93. The van der Waals surface area contributed by atoms with Crippen LogP contribution in [0.3, 0.4) is 0 Å². The number of nitrogens with zero attached hydrogens (tertiary/aromatic N) is 1. The summed E-state index contributed by atoms with van der Waals surface area (Å²) in [4.78, 5) is 23.7. The molecule has 0 saturated heterocycles. The molecule has 26 heavy (non-hydrogen) atoms. The van der Waals surface area contributed by atoms with E-state index in [4.69, 9.17) is 21.1 Å². The fourth-order valence-electron chi connectivity index (χ4n) is 2.05. The highest BCUT2D eigenvalue weighted by Gasteiger charge is 2.10. The SMILES string of the molecule is COc1ccc(C=NNC(=O)CNC(=O)c2ccccc2Cl)cc1OC. The predicted molar refractivity (Wildman–Crippen MR) is 99.1 cm³/mol. The van der Waals surface area contributed by atoms with Crippen LogP contribution in [0, 0.1) is 0 Å². The number of methoxy groups -OCH3 is 2. The number of ether oxygens (including phenoxy) is 2. The lowest BCUT2D eigenvalue weighted by molar-refractivity contribution is -0.120. The van der Waals surface area contributed by atoms with Crippen LogP contribution < -0.4 is 20.2 Å². The van der Waals surface area contributed by atoms with E-state index in [0.717, 1.165) is 0 Å². The summed E-state index contributed by atoms with van der Waals surface area (Å²) in [5.41, 5.74) is 3.34. The minimum Gasteiger partial charge on any atom is -0.493 e. The lowest BCUT2D eigenvalue weighted by Crippen LogP contribution is -2.35. The highest BCUT2D eigenvalue weighted by Crippen LogP contribution is 2.26. The number of benzene rings is 2. The molecule has 0 saturated carbocycles. The number of hydrogen-bond donors (Lipinski definition) is 2. The number of rotatable bonds is 7. The monoisotopic (exact) mass is 375 g/mol. The molecule has 2 amide bonds. The minimum atomic E-state index is -0.470. The fraction of sp³-hybridized carbons (Fsp3) is 0.167. The first kappa shape index (κ1) is 19.3. The lowest BCUT2D eigenvalue weighted by Gasteiger charge is -2.07. The third kappa shape index (κ3) is 5.22. The maximum atomic E-state index is 12.0. The van der Waals surface area contributed by atoms with Crippen molar-refractivity contribution in [3.63, 3.8) is 0 Å². The van der Waals surface area contributed by atoms with Gasteiger partial charge in [0.15, 0.2) is 11.5 Å². The Labute approximate surface area is 155 Å². The van der Waals surface area contributed by atoms with Crippen molar-refractivity contribution in [2.45, 2.75) is 0 Å². The molecule has 0 unspecified atom stereocenters. The molecule has 7 nitrogen and oxygen atoms in total. The van der Waals surface area contributed by atoms with Gasteiger partial charge >= 0.3 is 0 Å². The molecule has 2 N–H and O–H groups in total. The predicted octanol–water partition coefficient (Wildman–Crippen LogP) is 2.24. The second-order valence-electron chi connectivity index (χ2n) is 5.07. The first-order chi connectivity index (χ1) is 12.5. The van der Waals surface area contributed by atoms with Gasteiger partial charge < -0.3 is 14.8 Å². The van der Waals surface area contributed by atoms with E-state index in [1.807, 2.05) is 0 Å². The van der Waals surface area contributed by atoms with E-state index in [9.17, 15) is 9.59 Å². The molecule has 0 aliphatic heterocycles. The van der Waals surface area contributed by atoms with Crippen LogP contribution in [0.4, 0.5) is 0 Å². The molecule has 2 aromatic rings. The molecule has 0 heterocycles. The van der Waals surface area contributed by atoms with Crippen molar-refractivity contribution in [2.75, 3.05) is 20.8 Å². The molecule has 0 atom stereocenters. The number of amides is 2. The molecule has 8 heteroatoms. The number of carbonyl (C=O) groups is 2. The van der Waals surface area contributed by atoms with E-state index < -0.39 is 11.8 Å². The normalized spacial score (nSPS) is 10.4. The van der Waals surface area contributed by atoms with Crippen molar-refractivity contribution in [1.82, 2.24) is 10.7 Å². The third-order valence-corrected chi connectivity index (χ3v) is 3.67. The van der Waals surface area contributed by atoms with Gasteiger partial charge in [0, 0.05) is 0 Å². The second kappa shape index (κ2) is 9.43. The summed E-state index contributed by atoms with van der Waals surface area (Å²) in [6.07, 6.45) is 1.45. The van der Waals surface area contributed by atoms with E-state index in [0.29, 0.717) is 27.6 Å². The Morgan fingerprint density at radius 1 is 1.12 bits per heavy atom. The summed E-state index contributed by atoms with van der Waals surface area (Å²) in [7, 11) is 3.07. The summed E-state index contributed by atoms with van der Waals surface area (Å²) in [6, 6.07) is 11.8. The van der Waals surface area contributed by atoms with Crippen molar-refractivity contribution >= 4 is 29.6 Å². The Bertz CT molecular complexity index is 824. The van der Waals surface area contributed by atoms with Gasteiger partial charge in [-0.05, 0) is 35.9 Å². The Kier molecular flexibility index (Phi) is 6.99. The molecule has 0 bridgehead atoms. The molecule has 0 aliphatic rings. The molecule has 0 aromatic heterocycles. The number of halogens is 1. The largest absolute Gasteiger partial charge is 0.493 e. The van der Waals surface area contributed by atoms with Crippen LogP contribution in [-0.4, -0.2) is 38.8 Å². The van der Waals surface area contributed by atoms with E-state index in [2.05, 4.69) is 15.8 Å². The molecule has 136 valence electrons. The molecule has 0 aliphatic carbocycles. The standard InChI is InChI=1S/C18H18ClN3O4/c1-25-15-8-7-12(9-16(15)26-2)10-21-22-17(23)11-20-18(24)13-5-3-4-6-14(13)19/h3-10H,11H2,1-2H3,(H,20,24)(H,22,23). The van der Waals surface area contributed by atoms with Gasteiger partial charge in [-0.25, -0.2) is 5.43 Å². The van der Waals surface area contributed by atoms with Crippen LogP contribution in [0.1, 0.15) is 15.9 Å². The highest BCUT2D eigenvalue weighted by atomic mass is 35.5. The van der Waals surface area contributed by atoms with Crippen molar-refractivity contribution in [2.24, 2.45) is 5.10 Å². The van der Waals surface area contributed by atoms with Crippen molar-refractivity contribution in [3.05, 3.63) is 58.6 Å². The van der Waals surface area contributed by atoms with Crippen LogP contribution >= 0.6 is 11.6 Å². The van der Waals surface area contributed by atoms with Crippen molar-refractivity contribution < 1.29 is 19.1 Å². The van der Waals surface area contributed by atoms with Crippen LogP contribution in [0.25, 0.3) is 0 Å². The van der Waals surface area contributed by atoms with E-state index >= 15 is 0 Å². The van der Waals surface area contributed by atoms with E-state index in [1.165, 1.54) is 13.3 Å². The quantitative estimate of drug-likeness (QED) is 0.573. The number of nitrogens with one attached hydrogen (secondary N) is 2. The van der Waals surface area contributed by atoms with Crippen LogP contribution in [-0.2, 0) is 4.79 Å². The highest BCUT2D eigenvalue weighted by molar-refractivity contribution is 6.33. The zero-order valence-corrected chi connectivity index (χ0v) is 15.0. The Morgan fingerprint density at radius 3 is 2.54 bits per heavy atom. The Balaban J connectivity index is 1.86. The first-order valence-electron chi connectivity index (χ1n) is 7.61. The first-order valence-corrected chi connectivity index (χ1v) is 7.99. The number of carbonyl (C=O) groups excluding carboxylic acids is 2. The van der Waals surface area contributed by atoms with Gasteiger partial charge in [-0.2, -0.15) is 5.10 Å².